The number of hydrogen-bond donors (Lipinski definition) is 2. The third-order valence-corrected chi connectivity index (χ3v) is 5.00. The maximum Gasteiger partial charge on any atom is 0.227 e. The van der Waals surface area contributed by atoms with E-state index in [0.29, 0.717) is 25.0 Å². The average Bonchev–Trinajstić information content (AvgIpc) is 3.06. The van der Waals surface area contributed by atoms with Gasteiger partial charge >= 0.3 is 0 Å². The SMILES string of the molecule is OC1CCN(c2cc(C3CCOC3)nc(N3CC(O)C3)n2)CC1. The van der Waals surface area contributed by atoms with Crippen LogP contribution in [0.25, 0.3) is 0 Å². The van der Waals surface area contributed by atoms with Gasteiger partial charge in [-0.05, 0) is 19.3 Å². The molecule has 1 unspecified atom stereocenters. The summed E-state index contributed by atoms with van der Waals surface area (Å²) in [5.41, 5.74) is 1.04. The zero-order chi connectivity index (χ0) is 15.8. The maximum atomic E-state index is 9.71. The summed E-state index contributed by atoms with van der Waals surface area (Å²) in [6, 6.07) is 2.08. The monoisotopic (exact) mass is 320 g/mol. The summed E-state index contributed by atoms with van der Waals surface area (Å²) in [6.07, 6.45) is 2.09. The van der Waals surface area contributed by atoms with Crippen molar-refractivity contribution in [1.82, 2.24) is 9.97 Å². The summed E-state index contributed by atoms with van der Waals surface area (Å²) in [5, 5.41) is 19.3. The van der Waals surface area contributed by atoms with Crippen LogP contribution in [0.2, 0.25) is 0 Å². The number of hydrogen-bond acceptors (Lipinski definition) is 7. The second-order valence-electron chi connectivity index (χ2n) is 6.79. The number of β-amino-alcohol motifs (C(OH)–C–C–N with tert-alkyl or cyclic N) is 1. The highest BCUT2D eigenvalue weighted by molar-refractivity contribution is 5.48. The fraction of sp³-hybridized carbons (Fsp3) is 0.750. The van der Waals surface area contributed by atoms with Gasteiger partial charge in [-0.25, -0.2) is 4.98 Å². The molecule has 0 radical (unpaired) electrons. The molecule has 4 heterocycles. The van der Waals surface area contributed by atoms with Crippen molar-refractivity contribution >= 4 is 11.8 Å². The highest BCUT2D eigenvalue weighted by atomic mass is 16.5. The van der Waals surface area contributed by atoms with E-state index in [0.717, 1.165) is 57.1 Å². The Morgan fingerprint density at radius 2 is 1.78 bits per heavy atom. The Hall–Kier alpha value is -1.44. The third-order valence-electron chi connectivity index (χ3n) is 5.00. The zero-order valence-corrected chi connectivity index (χ0v) is 13.3. The molecule has 0 amide bonds. The van der Waals surface area contributed by atoms with Gasteiger partial charge in [-0.2, -0.15) is 4.98 Å². The molecule has 3 aliphatic heterocycles. The molecule has 23 heavy (non-hydrogen) atoms. The molecule has 7 nitrogen and oxygen atoms in total. The minimum absolute atomic E-state index is 0.194. The Morgan fingerprint density at radius 1 is 1.00 bits per heavy atom. The number of aromatic nitrogens is 2. The van der Waals surface area contributed by atoms with Gasteiger partial charge in [0.05, 0.1) is 24.5 Å². The van der Waals surface area contributed by atoms with E-state index in [9.17, 15) is 10.2 Å². The zero-order valence-electron chi connectivity index (χ0n) is 13.3. The first-order chi connectivity index (χ1) is 11.2. The van der Waals surface area contributed by atoms with Gasteiger partial charge in [0, 0.05) is 44.8 Å². The van der Waals surface area contributed by atoms with Crippen LogP contribution in [-0.4, -0.2) is 71.8 Å². The first-order valence-electron chi connectivity index (χ1n) is 8.52. The molecular formula is C16H24N4O3. The molecule has 0 aromatic carbocycles. The molecule has 3 fully saturated rings. The van der Waals surface area contributed by atoms with Crippen LogP contribution in [0.3, 0.4) is 0 Å². The first-order valence-corrected chi connectivity index (χ1v) is 8.52. The van der Waals surface area contributed by atoms with Crippen molar-refractivity contribution in [2.75, 3.05) is 49.2 Å². The number of piperidine rings is 1. The maximum absolute atomic E-state index is 9.71. The van der Waals surface area contributed by atoms with Gasteiger partial charge in [-0.3, -0.25) is 0 Å². The van der Waals surface area contributed by atoms with Crippen LogP contribution >= 0.6 is 0 Å². The lowest BCUT2D eigenvalue weighted by atomic mass is 10.0. The van der Waals surface area contributed by atoms with Crippen molar-refractivity contribution in [3.8, 4) is 0 Å². The normalized spacial score (nSPS) is 26.6. The number of nitrogens with zero attached hydrogens (tertiary/aromatic N) is 4. The van der Waals surface area contributed by atoms with Crippen molar-refractivity contribution in [2.24, 2.45) is 0 Å². The van der Waals surface area contributed by atoms with E-state index in [1.54, 1.807) is 0 Å². The van der Waals surface area contributed by atoms with Crippen LogP contribution in [0.4, 0.5) is 11.8 Å². The summed E-state index contributed by atoms with van der Waals surface area (Å²) >= 11 is 0. The van der Waals surface area contributed by atoms with E-state index in [2.05, 4.69) is 11.0 Å². The minimum Gasteiger partial charge on any atom is -0.393 e. The topological polar surface area (TPSA) is 82.0 Å². The molecule has 7 heteroatoms. The van der Waals surface area contributed by atoms with Gasteiger partial charge in [0.1, 0.15) is 5.82 Å². The van der Waals surface area contributed by atoms with Crippen molar-refractivity contribution < 1.29 is 14.9 Å². The Balaban J connectivity index is 1.61. The number of rotatable bonds is 3. The van der Waals surface area contributed by atoms with E-state index in [4.69, 9.17) is 14.7 Å². The lowest BCUT2D eigenvalue weighted by Gasteiger charge is -2.37. The van der Waals surface area contributed by atoms with Crippen molar-refractivity contribution in [1.29, 1.82) is 0 Å². The molecule has 0 aliphatic carbocycles. The fourth-order valence-electron chi connectivity index (χ4n) is 3.43. The van der Waals surface area contributed by atoms with Gasteiger partial charge < -0.3 is 24.7 Å². The highest BCUT2D eigenvalue weighted by Crippen LogP contribution is 2.30. The standard InChI is InChI=1S/C16H24N4O3/c21-12-1-4-19(5-2-12)15-7-14(11-3-6-23-10-11)17-16(18-15)20-8-13(22)9-20/h7,11-13,21-22H,1-6,8-10H2. The first kappa shape index (κ1) is 15.1. The van der Waals surface area contributed by atoms with E-state index >= 15 is 0 Å². The summed E-state index contributed by atoms with van der Waals surface area (Å²) in [4.78, 5) is 13.7. The fourth-order valence-corrected chi connectivity index (χ4v) is 3.43. The minimum atomic E-state index is -0.273. The molecule has 0 spiro atoms. The second-order valence-corrected chi connectivity index (χ2v) is 6.79. The van der Waals surface area contributed by atoms with Crippen LogP contribution in [0.15, 0.2) is 6.07 Å². The summed E-state index contributed by atoms with van der Waals surface area (Å²) < 4.78 is 5.51. The second kappa shape index (κ2) is 6.22. The Morgan fingerprint density at radius 3 is 2.43 bits per heavy atom. The summed E-state index contributed by atoms with van der Waals surface area (Å²) in [5.74, 6) is 1.98. The van der Waals surface area contributed by atoms with Crippen molar-refractivity contribution in [2.45, 2.75) is 37.4 Å². The Labute approximate surface area is 135 Å². The molecule has 0 saturated carbocycles. The molecule has 3 saturated heterocycles. The van der Waals surface area contributed by atoms with E-state index in [1.165, 1.54) is 0 Å². The lowest BCUT2D eigenvalue weighted by molar-refractivity contribution is 0.140. The molecule has 1 aromatic rings. The highest BCUT2D eigenvalue weighted by Gasteiger charge is 2.30. The number of anilines is 2. The molecule has 126 valence electrons. The predicted octanol–water partition coefficient (Wildman–Crippen LogP) is 0.123. The lowest BCUT2D eigenvalue weighted by Crippen LogP contribution is -2.51. The van der Waals surface area contributed by atoms with Crippen LogP contribution in [0.1, 0.15) is 30.9 Å². The van der Waals surface area contributed by atoms with Crippen molar-refractivity contribution in [3.63, 3.8) is 0 Å². The molecule has 1 aromatic heterocycles. The van der Waals surface area contributed by atoms with E-state index in [1.807, 2.05) is 4.90 Å². The van der Waals surface area contributed by atoms with Crippen LogP contribution < -0.4 is 9.80 Å². The van der Waals surface area contributed by atoms with Crippen LogP contribution in [0, 0.1) is 0 Å². The Bertz CT molecular complexity index is 550. The summed E-state index contributed by atoms with van der Waals surface area (Å²) in [6.45, 7) is 4.35. The molecule has 0 bridgehead atoms. The molecule has 4 rings (SSSR count). The van der Waals surface area contributed by atoms with Crippen molar-refractivity contribution in [3.05, 3.63) is 11.8 Å². The molecule has 1 atom stereocenters. The van der Waals surface area contributed by atoms with Crippen LogP contribution in [-0.2, 0) is 4.74 Å². The van der Waals surface area contributed by atoms with Gasteiger partial charge in [0.25, 0.3) is 0 Å². The molecular weight excluding hydrogens is 296 g/mol. The van der Waals surface area contributed by atoms with Crippen LogP contribution in [0.5, 0.6) is 0 Å². The number of aliphatic hydroxyl groups excluding tert-OH is 2. The number of aliphatic hydroxyl groups is 2. The Kier molecular flexibility index (Phi) is 4.09. The van der Waals surface area contributed by atoms with Gasteiger partial charge in [0.2, 0.25) is 5.95 Å². The average molecular weight is 320 g/mol. The predicted molar refractivity (Wildman–Crippen MR) is 85.9 cm³/mol. The smallest absolute Gasteiger partial charge is 0.227 e. The van der Waals surface area contributed by atoms with Gasteiger partial charge in [-0.1, -0.05) is 0 Å². The van der Waals surface area contributed by atoms with E-state index < -0.39 is 0 Å². The quantitative estimate of drug-likeness (QED) is 0.819. The molecule has 3 aliphatic rings. The summed E-state index contributed by atoms with van der Waals surface area (Å²) in [7, 11) is 0. The van der Waals surface area contributed by atoms with Gasteiger partial charge in [-0.15, -0.1) is 0 Å². The van der Waals surface area contributed by atoms with E-state index in [-0.39, 0.29) is 12.2 Å². The number of ether oxygens (including phenoxy) is 1. The van der Waals surface area contributed by atoms with Gasteiger partial charge in [0.15, 0.2) is 0 Å². The third kappa shape index (κ3) is 3.13. The molecule has 2 N–H and O–H groups in total. The largest absolute Gasteiger partial charge is 0.393 e.